The monoisotopic (exact) mass is 284 g/mol. The Morgan fingerprint density at radius 2 is 1.79 bits per heavy atom. The molecule has 2 aromatic carbocycles. The van der Waals surface area contributed by atoms with Crippen molar-refractivity contribution in [1.29, 1.82) is 0 Å². The normalized spacial score (nSPS) is 12.7. The van der Waals surface area contributed by atoms with Crippen molar-refractivity contribution in [2.24, 2.45) is 0 Å². The largest absolute Gasteiger partial charge is 0.323 e. The summed E-state index contributed by atoms with van der Waals surface area (Å²) in [4.78, 5) is 5.68. The number of benzene rings is 2. The highest BCUT2D eigenvalue weighted by Crippen LogP contribution is 2.44. The summed E-state index contributed by atoms with van der Waals surface area (Å²) in [5.41, 5.74) is 4.39. The molecule has 1 aromatic heterocycles. The Hall–Kier alpha value is -1.71. The highest BCUT2D eigenvalue weighted by molar-refractivity contribution is 8.00. The molecule has 1 aliphatic rings. The van der Waals surface area contributed by atoms with Gasteiger partial charge in [-0.2, -0.15) is 0 Å². The first-order valence-corrected chi connectivity index (χ1v) is 7.14. The Kier molecular flexibility index (Phi) is 2.43. The molecule has 0 saturated carbocycles. The first kappa shape index (κ1) is 11.1. The zero-order valence-electron chi connectivity index (χ0n) is 9.85. The summed E-state index contributed by atoms with van der Waals surface area (Å²) >= 11 is 7.63. The van der Waals surface area contributed by atoms with E-state index >= 15 is 0 Å². The lowest BCUT2D eigenvalue weighted by Crippen LogP contribution is -2.00. The summed E-state index contributed by atoms with van der Waals surface area (Å²) in [7, 11) is 0. The highest BCUT2D eigenvalue weighted by Gasteiger charge is 2.18. The third-order valence-corrected chi connectivity index (χ3v) is 4.36. The van der Waals surface area contributed by atoms with Gasteiger partial charge in [-0.05, 0) is 35.7 Å². The molecule has 0 bridgehead atoms. The minimum absolute atomic E-state index is 0.520. The van der Waals surface area contributed by atoms with Crippen LogP contribution in [0.2, 0.25) is 5.15 Å². The molecule has 4 rings (SSSR count). The topological polar surface area (TPSA) is 24.9 Å². The smallest absolute Gasteiger partial charge is 0.129 e. The second kappa shape index (κ2) is 4.15. The number of rotatable bonds is 0. The number of hydrogen-bond donors (Lipinski definition) is 1. The number of anilines is 1. The van der Waals surface area contributed by atoms with Crippen molar-refractivity contribution in [2.75, 3.05) is 4.72 Å². The Labute approximate surface area is 119 Å². The molecule has 92 valence electrons. The van der Waals surface area contributed by atoms with E-state index < -0.39 is 0 Å². The van der Waals surface area contributed by atoms with Crippen LogP contribution >= 0.6 is 23.5 Å². The number of pyridine rings is 1. The van der Waals surface area contributed by atoms with E-state index in [0.29, 0.717) is 5.15 Å². The number of hydrogen-bond acceptors (Lipinski definition) is 3. The standard InChI is InChI=1S/C15H9ClN2S/c16-13-8-6-9-5-7-11-10-3-1-2-4-12(10)19-18-15(11)14(9)17-13/h1-8,18H. The van der Waals surface area contributed by atoms with E-state index in [1.165, 1.54) is 16.0 Å². The molecule has 0 aliphatic carbocycles. The minimum Gasteiger partial charge on any atom is -0.323 e. The summed E-state index contributed by atoms with van der Waals surface area (Å²) < 4.78 is 3.38. The van der Waals surface area contributed by atoms with Gasteiger partial charge < -0.3 is 4.72 Å². The second-order valence-electron chi connectivity index (χ2n) is 4.39. The Morgan fingerprint density at radius 3 is 2.74 bits per heavy atom. The van der Waals surface area contributed by atoms with E-state index in [0.717, 1.165) is 16.6 Å². The van der Waals surface area contributed by atoms with Gasteiger partial charge in [-0.3, -0.25) is 0 Å². The molecule has 19 heavy (non-hydrogen) atoms. The van der Waals surface area contributed by atoms with Crippen LogP contribution in [0.1, 0.15) is 0 Å². The van der Waals surface area contributed by atoms with Gasteiger partial charge in [0.15, 0.2) is 0 Å². The van der Waals surface area contributed by atoms with Crippen LogP contribution in [0, 0.1) is 0 Å². The Morgan fingerprint density at radius 1 is 0.947 bits per heavy atom. The van der Waals surface area contributed by atoms with E-state index in [1.807, 2.05) is 12.1 Å². The van der Waals surface area contributed by atoms with Crippen molar-refractivity contribution < 1.29 is 0 Å². The fraction of sp³-hybridized carbons (Fsp3) is 0. The summed E-state index contributed by atoms with van der Waals surface area (Å²) in [5.74, 6) is 0. The van der Waals surface area contributed by atoms with Crippen molar-refractivity contribution in [2.45, 2.75) is 4.90 Å². The molecular formula is C15H9ClN2S. The molecule has 4 heteroatoms. The Bertz CT molecular complexity index is 801. The van der Waals surface area contributed by atoms with Crippen LogP contribution in [0.15, 0.2) is 53.4 Å². The van der Waals surface area contributed by atoms with E-state index in [4.69, 9.17) is 11.6 Å². The van der Waals surface area contributed by atoms with Crippen molar-refractivity contribution in [1.82, 2.24) is 4.98 Å². The molecule has 0 saturated heterocycles. The van der Waals surface area contributed by atoms with Crippen LogP contribution in [0.5, 0.6) is 0 Å². The van der Waals surface area contributed by atoms with Gasteiger partial charge in [0, 0.05) is 15.8 Å². The molecule has 0 spiro atoms. The van der Waals surface area contributed by atoms with E-state index in [-0.39, 0.29) is 0 Å². The first-order valence-electron chi connectivity index (χ1n) is 5.94. The number of aromatic nitrogens is 1. The van der Waals surface area contributed by atoms with Gasteiger partial charge >= 0.3 is 0 Å². The zero-order chi connectivity index (χ0) is 12.8. The van der Waals surface area contributed by atoms with Crippen molar-refractivity contribution in [3.8, 4) is 11.1 Å². The third kappa shape index (κ3) is 1.70. The molecule has 2 nitrogen and oxygen atoms in total. The second-order valence-corrected chi connectivity index (χ2v) is 5.63. The van der Waals surface area contributed by atoms with Gasteiger partial charge in [-0.1, -0.05) is 41.9 Å². The highest BCUT2D eigenvalue weighted by atomic mass is 35.5. The molecule has 1 N–H and O–H groups in total. The van der Waals surface area contributed by atoms with Crippen LogP contribution in [-0.4, -0.2) is 4.98 Å². The average Bonchev–Trinajstić information content (AvgIpc) is 2.46. The van der Waals surface area contributed by atoms with E-state index in [2.05, 4.69) is 46.1 Å². The lowest BCUT2D eigenvalue weighted by molar-refractivity contribution is 1.39. The molecule has 0 fully saturated rings. The van der Waals surface area contributed by atoms with Crippen molar-refractivity contribution in [3.05, 3.63) is 53.7 Å². The van der Waals surface area contributed by atoms with Crippen molar-refractivity contribution in [3.63, 3.8) is 0 Å². The van der Waals surface area contributed by atoms with Crippen LogP contribution in [0.4, 0.5) is 5.69 Å². The fourth-order valence-electron chi connectivity index (χ4n) is 2.38. The third-order valence-electron chi connectivity index (χ3n) is 3.27. The lowest BCUT2D eigenvalue weighted by Gasteiger charge is -2.21. The van der Waals surface area contributed by atoms with Crippen LogP contribution in [-0.2, 0) is 0 Å². The van der Waals surface area contributed by atoms with Gasteiger partial charge in [0.05, 0.1) is 11.2 Å². The molecule has 0 radical (unpaired) electrons. The van der Waals surface area contributed by atoms with Gasteiger partial charge in [0.25, 0.3) is 0 Å². The van der Waals surface area contributed by atoms with Gasteiger partial charge in [-0.15, -0.1) is 0 Å². The van der Waals surface area contributed by atoms with Gasteiger partial charge in [0.2, 0.25) is 0 Å². The number of fused-ring (bicyclic) bond motifs is 5. The molecule has 0 atom stereocenters. The molecule has 0 amide bonds. The lowest BCUT2D eigenvalue weighted by atomic mass is 10.0. The maximum atomic E-state index is 6.02. The Balaban J connectivity index is 2.08. The van der Waals surface area contributed by atoms with Gasteiger partial charge in [0.1, 0.15) is 5.15 Å². The fourth-order valence-corrected chi connectivity index (χ4v) is 3.38. The maximum Gasteiger partial charge on any atom is 0.129 e. The first-order chi connectivity index (χ1) is 9.33. The predicted octanol–water partition coefficient (Wildman–Crippen LogP) is 4.99. The van der Waals surface area contributed by atoms with E-state index in [9.17, 15) is 0 Å². The quantitative estimate of drug-likeness (QED) is 0.465. The van der Waals surface area contributed by atoms with Crippen molar-refractivity contribution >= 4 is 40.1 Å². The van der Waals surface area contributed by atoms with Crippen LogP contribution in [0.3, 0.4) is 0 Å². The maximum absolute atomic E-state index is 6.02. The molecule has 3 aromatic rings. The predicted molar refractivity (Wildman–Crippen MR) is 81.7 cm³/mol. The number of nitrogens with zero attached hydrogens (tertiary/aromatic N) is 1. The number of halogens is 1. The SMILES string of the molecule is Clc1ccc2ccc3c(c2n1)NSc1ccccc1-3. The van der Waals surface area contributed by atoms with E-state index in [1.54, 1.807) is 11.9 Å². The molecular weight excluding hydrogens is 276 g/mol. The van der Waals surface area contributed by atoms with Crippen LogP contribution < -0.4 is 4.72 Å². The summed E-state index contributed by atoms with van der Waals surface area (Å²) in [6.45, 7) is 0. The van der Waals surface area contributed by atoms with Crippen LogP contribution in [0.25, 0.3) is 22.0 Å². The summed E-state index contributed by atoms with van der Waals surface area (Å²) in [6.07, 6.45) is 0. The van der Waals surface area contributed by atoms with Gasteiger partial charge in [-0.25, -0.2) is 4.98 Å². The molecule has 0 unspecified atom stereocenters. The number of nitrogens with one attached hydrogen (secondary N) is 1. The summed E-state index contributed by atoms with van der Waals surface area (Å²) in [5, 5.41) is 1.61. The summed E-state index contributed by atoms with van der Waals surface area (Å²) in [6, 6.07) is 16.4. The zero-order valence-corrected chi connectivity index (χ0v) is 11.4. The average molecular weight is 285 g/mol. The molecule has 1 aliphatic heterocycles. The minimum atomic E-state index is 0.520. The molecule has 2 heterocycles.